The number of carbonyl (C=O) groups excluding carboxylic acids is 2. The zero-order chi connectivity index (χ0) is 42.4. The number of azo groups is 2. The van der Waals surface area contributed by atoms with Crippen molar-refractivity contribution in [2.75, 3.05) is 24.7 Å². The number of sulfonamides is 2. The molecule has 0 heterocycles. The fourth-order valence-electron chi connectivity index (χ4n) is 5.40. The minimum atomic E-state index is -3.78. The maximum absolute atomic E-state index is 12.4. The van der Waals surface area contributed by atoms with Gasteiger partial charge in [0.05, 0.1) is 43.9 Å². The number of hydrogen-bond donors (Lipinski definition) is 4. The summed E-state index contributed by atoms with van der Waals surface area (Å²) >= 11 is 0. The number of amides is 2. The summed E-state index contributed by atoms with van der Waals surface area (Å²) in [6.07, 6.45) is 0. The number of nitrogens with zero attached hydrogens (tertiary/aromatic N) is 4. The van der Waals surface area contributed by atoms with Crippen LogP contribution in [0.1, 0.15) is 13.8 Å². The Morgan fingerprint density at radius 3 is 1.20 bits per heavy atom. The first-order valence-corrected chi connectivity index (χ1v) is 19.8. The van der Waals surface area contributed by atoms with Gasteiger partial charge >= 0.3 is 46.9 Å². The smallest absolute Gasteiger partial charge is 0.871 e. The van der Waals surface area contributed by atoms with Crippen molar-refractivity contribution in [2.24, 2.45) is 20.5 Å². The van der Waals surface area contributed by atoms with Crippen LogP contribution in [0.4, 0.5) is 34.1 Å². The van der Waals surface area contributed by atoms with Crippen LogP contribution in [0.25, 0.3) is 21.5 Å². The zero-order valence-electron chi connectivity index (χ0n) is 32.3. The van der Waals surface area contributed by atoms with Gasteiger partial charge < -0.3 is 31.1 Å². The second kappa shape index (κ2) is 20.7. The molecule has 0 aromatic heterocycles. The van der Waals surface area contributed by atoms with Gasteiger partial charge in [-0.05, 0) is 61.3 Å². The van der Waals surface area contributed by atoms with E-state index in [2.05, 4.69) is 40.5 Å². The summed E-state index contributed by atoms with van der Waals surface area (Å²) in [7, 11) is -5.08. The summed E-state index contributed by atoms with van der Waals surface area (Å²) in [5.74, 6) is -2.71. The predicted octanol–water partition coefficient (Wildman–Crippen LogP) is 1.54. The molecule has 6 aromatic carbocycles. The predicted molar refractivity (Wildman–Crippen MR) is 208 cm³/mol. The molecule has 6 aromatic rings. The number of fused-ring (bicyclic) bond motifs is 2. The monoisotopic (exact) mass is 899 g/mol. The Morgan fingerprint density at radius 2 is 0.867 bits per heavy atom. The third-order valence-electron chi connectivity index (χ3n) is 8.12. The molecule has 18 nitrogen and oxygen atoms in total. The molecule has 0 saturated carbocycles. The van der Waals surface area contributed by atoms with Crippen molar-refractivity contribution in [3.63, 3.8) is 0 Å². The Hall–Kier alpha value is -5.47. The minimum absolute atomic E-state index is 0. The normalized spacial score (nSPS) is 11.4. The SMILES string of the molecule is CNS(=O)(=O)c1ccc([O-])c(N=Nc2c([O-])ccc3cccc(NC(C)=O)c23)c1.CNS(=O)(=O)c1ccc([O-])c(N=Nc2c([O-])ccc3cccc(NC(C)=O)c23)c1.[Cr+3].[Na+]. The zero-order valence-corrected chi connectivity index (χ0v) is 37.2. The van der Waals surface area contributed by atoms with Crippen LogP contribution in [0.3, 0.4) is 0 Å². The van der Waals surface area contributed by atoms with Crippen molar-refractivity contribution in [2.45, 2.75) is 23.6 Å². The summed E-state index contributed by atoms with van der Waals surface area (Å²) in [4.78, 5) is 22.7. The third-order valence-corrected chi connectivity index (χ3v) is 10.9. The van der Waals surface area contributed by atoms with Gasteiger partial charge in [0.25, 0.3) is 0 Å². The van der Waals surface area contributed by atoms with Crippen molar-refractivity contribution in [3.8, 4) is 23.0 Å². The molecular weight excluding hydrogens is 868 g/mol. The number of rotatable bonds is 10. The van der Waals surface area contributed by atoms with E-state index in [0.717, 1.165) is 36.4 Å². The molecule has 0 atom stereocenters. The summed E-state index contributed by atoms with van der Waals surface area (Å²) in [6.45, 7) is 2.66. The molecule has 0 spiro atoms. The molecule has 6 rings (SSSR count). The van der Waals surface area contributed by atoms with Crippen molar-refractivity contribution in [3.05, 3.63) is 97.1 Å². The summed E-state index contributed by atoms with van der Waals surface area (Å²) in [6, 6.07) is 22.4. The van der Waals surface area contributed by atoms with Gasteiger partial charge in [0, 0.05) is 24.6 Å². The van der Waals surface area contributed by atoms with Crippen LogP contribution in [-0.2, 0) is 47.0 Å². The van der Waals surface area contributed by atoms with E-state index < -0.39 is 43.0 Å². The molecule has 2 amide bonds. The molecular formula is C38H32CrN8NaO10S2. The molecule has 0 aliphatic carbocycles. The summed E-state index contributed by atoms with van der Waals surface area (Å²) in [5, 5.41) is 71.7. The van der Waals surface area contributed by atoms with Crippen LogP contribution < -0.4 is 70.1 Å². The van der Waals surface area contributed by atoms with Gasteiger partial charge in [0.2, 0.25) is 31.9 Å². The second-order valence-electron chi connectivity index (χ2n) is 12.1. The van der Waals surface area contributed by atoms with Crippen LogP contribution in [0.2, 0.25) is 0 Å². The molecule has 0 aliphatic rings. The maximum Gasteiger partial charge on any atom is 3.00 e. The average Bonchev–Trinajstić information content (AvgIpc) is 3.18. The molecule has 22 heteroatoms. The van der Waals surface area contributed by atoms with Crippen molar-refractivity contribution in [1.82, 2.24) is 9.44 Å². The van der Waals surface area contributed by atoms with Gasteiger partial charge in [-0.2, -0.15) is 20.5 Å². The fourth-order valence-corrected chi connectivity index (χ4v) is 6.90. The first-order chi connectivity index (χ1) is 27.4. The standard InChI is InChI=1S/2C19H18N4O5S.Cr.Na/c2*1-11(24)21-14-5-3-4-12-6-8-17(26)19(18(12)14)23-22-15-10-13(7-9-16(15)25)29(27,28)20-2;;/h2*3-10,20,25-26H,1-2H3,(H,21,24);;/q;;+3;+1/p-4. The third kappa shape index (κ3) is 11.4. The Labute approximate surface area is 377 Å². The molecule has 0 aliphatic heterocycles. The van der Waals surface area contributed by atoms with E-state index in [-0.39, 0.29) is 91.3 Å². The van der Waals surface area contributed by atoms with Gasteiger partial charge in [-0.15, -0.1) is 0 Å². The van der Waals surface area contributed by atoms with E-state index in [4.69, 9.17) is 0 Å². The number of hydrogen-bond acceptors (Lipinski definition) is 14. The van der Waals surface area contributed by atoms with Crippen LogP contribution in [0.5, 0.6) is 23.0 Å². The van der Waals surface area contributed by atoms with E-state index >= 15 is 0 Å². The van der Waals surface area contributed by atoms with E-state index in [0.29, 0.717) is 32.9 Å². The molecule has 60 heavy (non-hydrogen) atoms. The number of carbonyl (C=O) groups is 2. The van der Waals surface area contributed by atoms with Gasteiger partial charge in [0.1, 0.15) is 0 Å². The topological polar surface area (TPSA) is 292 Å². The van der Waals surface area contributed by atoms with Gasteiger partial charge in [-0.25, -0.2) is 26.3 Å². The largest absolute Gasteiger partial charge is 3.00 e. The van der Waals surface area contributed by atoms with Crippen molar-refractivity contribution < 1.29 is 93.8 Å². The maximum atomic E-state index is 12.4. The minimum Gasteiger partial charge on any atom is -0.871 e. The molecule has 0 unspecified atom stereocenters. The number of nitrogens with one attached hydrogen (secondary N) is 4. The summed E-state index contributed by atoms with van der Waals surface area (Å²) in [5.41, 5.74) is 0.108. The van der Waals surface area contributed by atoms with Crippen LogP contribution >= 0.6 is 0 Å². The average molecular weight is 900 g/mol. The van der Waals surface area contributed by atoms with Crippen LogP contribution in [0, 0.1) is 0 Å². The molecule has 303 valence electrons. The van der Waals surface area contributed by atoms with E-state index in [1.807, 2.05) is 0 Å². The van der Waals surface area contributed by atoms with Gasteiger partial charge in [-0.3, -0.25) is 9.59 Å². The van der Waals surface area contributed by atoms with Crippen LogP contribution in [-0.4, -0.2) is 42.7 Å². The first kappa shape index (κ1) is 48.9. The Balaban J connectivity index is 0.000000310. The van der Waals surface area contributed by atoms with E-state index in [1.165, 1.54) is 40.1 Å². The van der Waals surface area contributed by atoms with Gasteiger partial charge in [0.15, 0.2) is 0 Å². The van der Waals surface area contributed by atoms with Crippen molar-refractivity contribution >= 4 is 87.5 Å². The first-order valence-electron chi connectivity index (χ1n) is 16.8. The van der Waals surface area contributed by atoms with E-state index in [9.17, 15) is 46.9 Å². The quantitative estimate of drug-likeness (QED) is 0.114. The molecule has 0 fully saturated rings. The molecule has 0 saturated heterocycles. The number of anilines is 2. The molecule has 0 bridgehead atoms. The number of benzene rings is 6. The Bertz CT molecular complexity index is 2690. The van der Waals surface area contributed by atoms with Crippen LogP contribution in [0.15, 0.2) is 127 Å². The molecule has 1 radical (unpaired) electrons. The van der Waals surface area contributed by atoms with Crippen molar-refractivity contribution in [1.29, 1.82) is 0 Å². The Kier molecular flexibility index (Phi) is 16.8. The second-order valence-corrected chi connectivity index (χ2v) is 15.8. The van der Waals surface area contributed by atoms with E-state index in [1.54, 1.807) is 48.5 Å². The van der Waals surface area contributed by atoms with Gasteiger partial charge in [-0.1, -0.05) is 83.7 Å². The Morgan fingerprint density at radius 1 is 0.517 bits per heavy atom. The molecule has 4 N–H and O–H groups in total. The fraction of sp³-hybridized carbons (Fsp3) is 0.105. The summed E-state index contributed by atoms with van der Waals surface area (Å²) < 4.78 is 52.0.